The highest BCUT2D eigenvalue weighted by Crippen LogP contribution is 2.50. The van der Waals surface area contributed by atoms with Crippen LogP contribution < -0.4 is 0 Å². The van der Waals surface area contributed by atoms with Crippen LogP contribution in [0.25, 0.3) is 120 Å². The van der Waals surface area contributed by atoms with E-state index in [1.807, 2.05) is 11.3 Å². The van der Waals surface area contributed by atoms with E-state index in [-0.39, 0.29) is 5.41 Å². The molecule has 0 bridgehead atoms. The Labute approximate surface area is 362 Å². The molecule has 0 aliphatic heterocycles. The van der Waals surface area contributed by atoms with Crippen LogP contribution in [0, 0.1) is 0 Å². The van der Waals surface area contributed by atoms with Crippen LogP contribution in [0.2, 0.25) is 0 Å². The molecule has 0 amide bonds. The Morgan fingerprint density at radius 1 is 0.339 bits per heavy atom. The van der Waals surface area contributed by atoms with Crippen LogP contribution in [-0.2, 0) is 5.41 Å². The molecule has 13 rings (SSSR count). The fraction of sp³-hybridized carbons (Fsp3) is 0.0517. The average Bonchev–Trinajstić information content (AvgIpc) is 3.82. The van der Waals surface area contributed by atoms with E-state index in [2.05, 4.69) is 202 Å². The highest BCUT2D eigenvalue weighted by molar-refractivity contribution is 7.26. The van der Waals surface area contributed by atoms with E-state index < -0.39 is 0 Å². The van der Waals surface area contributed by atoms with Crippen LogP contribution in [0.3, 0.4) is 0 Å². The predicted molar refractivity (Wildman–Crippen MR) is 262 cm³/mol. The summed E-state index contributed by atoms with van der Waals surface area (Å²) >= 11 is 1.87. The van der Waals surface area contributed by atoms with Gasteiger partial charge in [0.15, 0.2) is 17.5 Å². The summed E-state index contributed by atoms with van der Waals surface area (Å²) in [6.45, 7) is 4.63. The van der Waals surface area contributed by atoms with Gasteiger partial charge in [-0.2, -0.15) is 0 Å². The molecule has 62 heavy (non-hydrogen) atoms. The Bertz CT molecular complexity index is 3860. The van der Waals surface area contributed by atoms with Gasteiger partial charge >= 0.3 is 0 Å². The van der Waals surface area contributed by atoms with Gasteiger partial charge in [-0.25, -0.2) is 15.0 Å². The zero-order valence-corrected chi connectivity index (χ0v) is 35.0. The maximum absolute atomic E-state index is 5.33. The van der Waals surface area contributed by atoms with Crippen molar-refractivity contribution in [3.05, 3.63) is 199 Å². The first-order valence-electron chi connectivity index (χ1n) is 21.3. The van der Waals surface area contributed by atoms with Gasteiger partial charge in [0.25, 0.3) is 0 Å². The summed E-state index contributed by atoms with van der Waals surface area (Å²) in [4.78, 5) is 15.8. The van der Waals surface area contributed by atoms with Crippen LogP contribution in [-0.4, -0.2) is 15.0 Å². The lowest BCUT2D eigenvalue weighted by molar-refractivity contribution is 0.660. The molecule has 0 fully saturated rings. The molecule has 0 saturated carbocycles. The van der Waals surface area contributed by atoms with E-state index in [0.29, 0.717) is 17.5 Å². The fourth-order valence-electron chi connectivity index (χ4n) is 10.2. The van der Waals surface area contributed by atoms with Crippen molar-refractivity contribution in [3.63, 3.8) is 0 Å². The van der Waals surface area contributed by atoms with Crippen molar-refractivity contribution in [2.45, 2.75) is 19.3 Å². The number of hydrogen-bond donors (Lipinski definition) is 0. The smallest absolute Gasteiger partial charge is 0.164 e. The first-order valence-corrected chi connectivity index (χ1v) is 22.1. The maximum atomic E-state index is 5.33. The number of rotatable bonds is 4. The van der Waals surface area contributed by atoms with Gasteiger partial charge in [0.1, 0.15) is 0 Å². The Balaban J connectivity index is 0.981. The molecule has 1 aliphatic carbocycles. The monoisotopic (exact) mass is 807 g/mol. The standard InChI is InChI=1S/C58H37N3S/c1-58(2)49-17-9-7-15-45(49)46-27-24-40(33-50(46)58)56-59-55(39-22-19-34-11-3-4-12-36(34)31-39)60-57(61-56)47-29-28-41(43-13-5-6-14-44(43)47)37-23-26-42-38(32-37)21-20-35-25-30-52-54(53(35)42)48-16-8-10-18-51(48)62-52/h3-33H,1-2H3. The van der Waals surface area contributed by atoms with Crippen LogP contribution in [0.5, 0.6) is 0 Å². The second-order valence-corrected chi connectivity index (χ2v) is 18.2. The van der Waals surface area contributed by atoms with Crippen molar-refractivity contribution < 1.29 is 0 Å². The van der Waals surface area contributed by atoms with E-state index in [1.54, 1.807) is 0 Å². The Kier molecular flexibility index (Phi) is 7.52. The molecule has 10 aromatic carbocycles. The van der Waals surface area contributed by atoms with E-state index in [0.717, 1.165) is 32.8 Å². The SMILES string of the molecule is CC1(C)c2ccccc2-c2ccc(-c3nc(-c4ccc5ccccc5c4)nc(-c4ccc(-c5ccc6c(ccc7ccc8sc9ccccc9c8c76)c5)c5ccccc45)n3)cc21. The second kappa shape index (κ2) is 13.2. The van der Waals surface area contributed by atoms with Gasteiger partial charge in [-0.3, -0.25) is 0 Å². The van der Waals surface area contributed by atoms with Gasteiger partial charge < -0.3 is 0 Å². The summed E-state index contributed by atoms with van der Waals surface area (Å²) < 4.78 is 2.65. The largest absolute Gasteiger partial charge is 0.208 e. The number of fused-ring (bicyclic) bond motifs is 12. The minimum atomic E-state index is -0.147. The lowest BCUT2D eigenvalue weighted by Crippen LogP contribution is -2.15. The molecule has 0 N–H and O–H groups in total. The molecule has 0 unspecified atom stereocenters. The van der Waals surface area contributed by atoms with Crippen molar-refractivity contribution in [2.75, 3.05) is 0 Å². The summed E-state index contributed by atoms with van der Waals surface area (Å²) in [5, 5.41) is 12.4. The van der Waals surface area contributed by atoms with Gasteiger partial charge in [0.05, 0.1) is 0 Å². The highest BCUT2D eigenvalue weighted by Gasteiger charge is 2.35. The van der Waals surface area contributed by atoms with Crippen molar-refractivity contribution >= 4 is 74.6 Å². The Morgan fingerprint density at radius 2 is 0.919 bits per heavy atom. The van der Waals surface area contributed by atoms with Crippen molar-refractivity contribution in [3.8, 4) is 56.4 Å². The Hall–Kier alpha value is -7.53. The molecule has 290 valence electrons. The molecule has 0 spiro atoms. The number of nitrogens with zero attached hydrogens (tertiary/aromatic N) is 3. The number of hydrogen-bond acceptors (Lipinski definition) is 4. The predicted octanol–water partition coefficient (Wildman–Crippen LogP) is 15.8. The van der Waals surface area contributed by atoms with Crippen molar-refractivity contribution in [1.82, 2.24) is 15.0 Å². The van der Waals surface area contributed by atoms with E-state index in [1.165, 1.54) is 80.5 Å². The molecule has 0 atom stereocenters. The third-order valence-electron chi connectivity index (χ3n) is 13.3. The second-order valence-electron chi connectivity index (χ2n) is 17.1. The van der Waals surface area contributed by atoms with Crippen LogP contribution in [0.4, 0.5) is 0 Å². The molecule has 1 aliphatic rings. The summed E-state index contributed by atoms with van der Waals surface area (Å²) in [7, 11) is 0. The van der Waals surface area contributed by atoms with Crippen molar-refractivity contribution in [2.24, 2.45) is 0 Å². The highest BCUT2D eigenvalue weighted by atomic mass is 32.1. The van der Waals surface area contributed by atoms with E-state index in [4.69, 9.17) is 15.0 Å². The van der Waals surface area contributed by atoms with Gasteiger partial charge in [0.2, 0.25) is 0 Å². The molecule has 2 heterocycles. The van der Waals surface area contributed by atoms with Crippen LogP contribution in [0.1, 0.15) is 25.0 Å². The third-order valence-corrected chi connectivity index (χ3v) is 14.4. The Morgan fingerprint density at radius 3 is 1.79 bits per heavy atom. The average molecular weight is 808 g/mol. The van der Waals surface area contributed by atoms with Crippen molar-refractivity contribution in [1.29, 1.82) is 0 Å². The molecule has 3 nitrogen and oxygen atoms in total. The summed E-state index contributed by atoms with van der Waals surface area (Å²) in [5.74, 6) is 1.97. The van der Waals surface area contributed by atoms with Gasteiger partial charge in [-0.1, -0.05) is 166 Å². The summed E-state index contributed by atoms with van der Waals surface area (Å²) in [6.07, 6.45) is 0. The van der Waals surface area contributed by atoms with Crippen LogP contribution >= 0.6 is 11.3 Å². The third kappa shape index (κ3) is 5.27. The zero-order chi connectivity index (χ0) is 41.1. The fourth-order valence-corrected chi connectivity index (χ4v) is 11.3. The van der Waals surface area contributed by atoms with E-state index in [9.17, 15) is 0 Å². The normalized spacial score (nSPS) is 13.1. The van der Waals surface area contributed by atoms with E-state index >= 15 is 0 Å². The summed E-state index contributed by atoms with van der Waals surface area (Å²) in [6, 6.07) is 68.4. The first kappa shape index (κ1) is 35.2. The molecule has 0 radical (unpaired) electrons. The van der Waals surface area contributed by atoms with Gasteiger partial charge in [-0.15, -0.1) is 11.3 Å². The van der Waals surface area contributed by atoms with Gasteiger partial charge in [-0.05, 0) is 113 Å². The molecule has 2 aromatic heterocycles. The van der Waals surface area contributed by atoms with Crippen LogP contribution in [0.15, 0.2) is 188 Å². The quantitative estimate of drug-likeness (QED) is 0.166. The lowest BCUT2D eigenvalue weighted by Gasteiger charge is -2.21. The summed E-state index contributed by atoms with van der Waals surface area (Å²) in [5.41, 5.74) is 10.3. The minimum absolute atomic E-state index is 0.147. The first-order chi connectivity index (χ1) is 30.5. The maximum Gasteiger partial charge on any atom is 0.164 e. The minimum Gasteiger partial charge on any atom is -0.208 e. The number of benzene rings is 10. The zero-order valence-electron chi connectivity index (χ0n) is 34.1. The van der Waals surface area contributed by atoms with Gasteiger partial charge in [0, 0.05) is 42.3 Å². The topological polar surface area (TPSA) is 38.7 Å². The molecule has 4 heteroatoms. The molecular formula is C58H37N3S. The molecule has 12 aromatic rings. The number of thiophene rings is 1. The molecular weight excluding hydrogens is 771 g/mol. The number of aromatic nitrogens is 3. The molecule has 0 saturated heterocycles. The lowest BCUT2D eigenvalue weighted by atomic mass is 9.82.